The average molecular weight is 295 g/mol. The molecular weight excluding hydrogens is 276 g/mol. The van der Waals surface area contributed by atoms with Crippen LogP contribution in [0.2, 0.25) is 5.02 Å². The number of hydrogen-bond donors (Lipinski definition) is 2. The highest BCUT2D eigenvalue weighted by Gasteiger charge is 2.18. The van der Waals surface area contributed by atoms with Gasteiger partial charge in [-0.3, -0.25) is 10.5 Å². The first-order valence-corrected chi connectivity index (χ1v) is 6.80. The topological polar surface area (TPSA) is 65.1 Å². The zero-order chi connectivity index (χ0) is 14.7. The Hall–Kier alpha value is -1.56. The van der Waals surface area contributed by atoms with Crippen molar-refractivity contribution in [1.82, 2.24) is 15.2 Å². The largest absolute Gasteiger partial charge is 0.495 e. The third kappa shape index (κ3) is 2.80. The van der Waals surface area contributed by atoms with Crippen LogP contribution in [0.1, 0.15) is 29.9 Å². The van der Waals surface area contributed by atoms with E-state index < -0.39 is 0 Å². The fraction of sp³-hybridized carbons (Fsp3) is 0.357. The van der Waals surface area contributed by atoms with Crippen molar-refractivity contribution in [3.63, 3.8) is 0 Å². The molecule has 2 rings (SSSR count). The van der Waals surface area contributed by atoms with Gasteiger partial charge in [0, 0.05) is 7.05 Å². The summed E-state index contributed by atoms with van der Waals surface area (Å²) in [6, 6.07) is 7.49. The lowest BCUT2D eigenvalue weighted by Gasteiger charge is -2.17. The molecule has 0 radical (unpaired) electrons. The Morgan fingerprint density at radius 2 is 2.20 bits per heavy atom. The van der Waals surface area contributed by atoms with Crippen molar-refractivity contribution in [3.8, 4) is 5.75 Å². The van der Waals surface area contributed by atoms with E-state index in [2.05, 4.69) is 17.4 Å². The highest BCUT2D eigenvalue weighted by atomic mass is 35.5. The predicted octanol–water partition coefficient (Wildman–Crippen LogP) is 2.20. The van der Waals surface area contributed by atoms with Gasteiger partial charge in [-0.25, -0.2) is 5.43 Å². The van der Waals surface area contributed by atoms with Crippen LogP contribution in [-0.4, -0.2) is 16.9 Å². The number of benzene rings is 1. The molecule has 0 saturated carbocycles. The van der Waals surface area contributed by atoms with Crippen LogP contribution in [0.3, 0.4) is 0 Å². The second-order valence-electron chi connectivity index (χ2n) is 4.53. The van der Waals surface area contributed by atoms with Gasteiger partial charge in [-0.05, 0) is 30.2 Å². The van der Waals surface area contributed by atoms with Crippen LogP contribution in [0.4, 0.5) is 0 Å². The Kier molecular flexibility index (Phi) is 4.65. The fourth-order valence-electron chi connectivity index (χ4n) is 2.19. The first-order valence-electron chi connectivity index (χ1n) is 6.43. The number of hydrogen-bond acceptors (Lipinski definition) is 4. The zero-order valence-corrected chi connectivity index (χ0v) is 12.6. The third-order valence-electron chi connectivity index (χ3n) is 3.30. The molecule has 0 spiro atoms. The van der Waals surface area contributed by atoms with Crippen molar-refractivity contribution >= 4 is 11.6 Å². The first-order chi connectivity index (χ1) is 9.60. The van der Waals surface area contributed by atoms with Gasteiger partial charge in [0.15, 0.2) is 0 Å². The molecule has 1 unspecified atom stereocenters. The second-order valence-corrected chi connectivity index (χ2v) is 4.94. The predicted molar refractivity (Wildman–Crippen MR) is 79.8 cm³/mol. The maximum absolute atomic E-state index is 6.05. The number of nitrogens with two attached hydrogens (primary N) is 1. The number of aryl methyl sites for hydroxylation is 2. The van der Waals surface area contributed by atoms with Gasteiger partial charge in [0.2, 0.25) is 0 Å². The van der Waals surface area contributed by atoms with E-state index in [9.17, 15) is 0 Å². The summed E-state index contributed by atoms with van der Waals surface area (Å²) in [5, 5.41) is 5.02. The highest BCUT2D eigenvalue weighted by molar-refractivity contribution is 6.32. The molecule has 20 heavy (non-hydrogen) atoms. The van der Waals surface area contributed by atoms with Gasteiger partial charge < -0.3 is 4.74 Å². The van der Waals surface area contributed by atoms with E-state index in [1.54, 1.807) is 13.2 Å². The third-order valence-corrected chi connectivity index (χ3v) is 3.61. The number of nitrogens with one attached hydrogen (secondary N) is 1. The molecule has 0 aliphatic rings. The summed E-state index contributed by atoms with van der Waals surface area (Å²) in [5.74, 6) is 6.35. The van der Waals surface area contributed by atoms with Crippen molar-refractivity contribution in [1.29, 1.82) is 0 Å². The molecule has 0 saturated heterocycles. The van der Waals surface area contributed by atoms with Gasteiger partial charge in [-0.1, -0.05) is 24.6 Å². The first kappa shape index (κ1) is 14.8. The van der Waals surface area contributed by atoms with Gasteiger partial charge in [0.05, 0.1) is 29.6 Å². The summed E-state index contributed by atoms with van der Waals surface area (Å²) in [7, 11) is 3.50. The van der Waals surface area contributed by atoms with E-state index in [1.807, 2.05) is 29.9 Å². The minimum atomic E-state index is -0.168. The highest BCUT2D eigenvalue weighted by Crippen LogP contribution is 2.30. The molecule has 0 bridgehead atoms. The summed E-state index contributed by atoms with van der Waals surface area (Å²) in [6.07, 6.45) is 0.884. The molecule has 6 heteroatoms. The van der Waals surface area contributed by atoms with Crippen LogP contribution >= 0.6 is 11.6 Å². The summed E-state index contributed by atoms with van der Waals surface area (Å²) in [5.41, 5.74) is 5.82. The molecule has 0 aliphatic heterocycles. The van der Waals surface area contributed by atoms with Crippen LogP contribution in [0.25, 0.3) is 0 Å². The van der Waals surface area contributed by atoms with Crippen LogP contribution in [0.15, 0.2) is 24.3 Å². The number of nitrogens with zero attached hydrogens (tertiary/aromatic N) is 2. The molecule has 1 atom stereocenters. The normalized spacial score (nSPS) is 12.4. The van der Waals surface area contributed by atoms with Crippen molar-refractivity contribution in [2.45, 2.75) is 19.4 Å². The molecule has 0 aliphatic carbocycles. The van der Waals surface area contributed by atoms with Gasteiger partial charge in [-0.15, -0.1) is 0 Å². The minimum Gasteiger partial charge on any atom is -0.495 e. The van der Waals surface area contributed by atoms with Crippen LogP contribution < -0.4 is 16.0 Å². The lowest BCUT2D eigenvalue weighted by molar-refractivity contribution is 0.413. The minimum absolute atomic E-state index is 0.168. The van der Waals surface area contributed by atoms with Gasteiger partial charge in [0.1, 0.15) is 5.75 Å². The Bertz CT molecular complexity index is 597. The SMILES string of the molecule is CCc1cc(C(NN)c2ccc(Cl)c(OC)c2)n(C)n1. The Morgan fingerprint density at radius 1 is 1.45 bits per heavy atom. The Morgan fingerprint density at radius 3 is 2.75 bits per heavy atom. The molecule has 108 valence electrons. The molecule has 3 N–H and O–H groups in total. The number of hydrazine groups is 1. The maximum atomic E-state index is 6.05. The van der Waals surface area contributed by atoms with E-state index >= 15 is 0 Å². The van der Waals surface area contributed by atoms with Crippen molar-refractivity contribution in [2.75, 3.05) is 7.11 Å². The zero-order valence-electron chi connectivity index (χ0n) is 11.9. The standard InChI is InChI=1S/C14H19ClN4O/c1-4-10-8-12(19(2)18-10)14(17-16)9-5-6-11(15)13(7-9)20-3/h5-8,14,17H,4,16H2,1-3H3. The van der Waals surface area contributed by atoms with E-state index in [0.29, 0.717) is 10.8 Å². The van der Waals surface area contributed by atoms with E-state index in [-0.39, 0.29) is 6.04 Å². The number of ether oxygens (including phenoxy) is 1. The summed E-state index contributed by atoms with van der Waals surface area (Å²) in [4.78, 5) is 0. The number of halogens is 1. The van der Waals surface area contributed by atoms with Crippen molar-refractivity contribution in [3.05, 3.63) is 46.2 Å². The van der Waals surface area contributed by atoms with E-state index in [4.69, 9.17) is 22.2 Å². The monoisotopic (exact) mass is 294 g/mol. The number of rotatable bonds is 5. The number of aromatic nitrogens is 2. The summed E-state index contributed by atoms with van der Waals surface area (Å²) < 4.78 is 7.09. The van der Waals surface area contributed by atoms with E-state index in [1.165, 1.54) is 0 Å². The Balaban J connectivity index is 2.43. The van der Waals surface area contributed by atoms with Crippen LogP contribution in [0, 0.1) is 0 Å². The maximum Gasteiger partial charge on any atom is 0.137 e. The van der Waals surface area contributed by atoms with Crippen LogP contribution in [0.5, 0.6) is 5.75 Å². The van der Waals surface area contributed by atoms with Crippen molar-refractivity contribution < 1.29 is 4.74 Å². The van der Waals surface area contributed by atoms with Gasteiger partial charge in [0.25, 0.3) is 0 Å². The molecule has 0 fully saturated rings. The lowest BCUT2D eigenvalue weighted by atomic mass is 10.0. The molecule has 1 heterocycles. The van der Waals surface area contributed by atoms with Gasteiger partial charge in [-0.2, -0.15) is 5.10 Å². The van der Waals surface area contributed by atoms with Gasteiger partial charge >= 0.3 is 0 Å². The molecule has 2 aromatic rings. The molecule has 5 nitrogen and oxygen atoms in total. The average Bonchev–Trinajstić information content (AvgIpc) is 2.83. The van der Waals surface area contributed by atoms with E-state index in [0.717, 1.165) is 23.4 Å². The fourth-order valence-corrected chi connectivity index (χ4v) is 2.39. The molecule has 0 amide bonds. The quantitative estimate of drug-likeness (QED) is 0.655. The lowest BCUT2D eigenvalue weighted by Crippen LogP contribution is -2.30. The summed E-state index contributed by atoms with van der Waals surface area (Å²) >= 11 is 6.05. The van der Waals surface area contributed by atoms with Crippen molar-refractivity contribution in [2.24, 2.45) is 12.9 Å². The summed E-state index contributed by atoms with van der Waals surface area (Å²) in [6.45, 7) is 2.07. The Labute approximate surface area is 123 Å². The number of methoxy groups -OCH3 is 1. The molecular formula is C14H19ClN4O. The second kappa shape index (κ2) is 6.26. The molecule has 1 aromatic heterocycles. The molecule has 1 aromatic carbocycles. The van der Waals surface area contributed by atoms with Crippen LogP contribution in [-0.2, 0) is 13.5 Å². The smallest absolute Gasteiger partial charge is 0.137 e.